The fraction of sp³-hybridized carbons (Fsp3) is 0.267. The average Bonchev–Trinajstić information content (AvgIpc) is 2.98. The number of fused-ring (bicyclic) bond motifs is 1. The van der Waals surface area contributed by atoms with E-state index in [0.29, 0.717) is 18.8 Å². The van der Waals surface area contributed by atoms with E-state index in [4.69, 9.17) is 0 Å². The molecule has 1 aromatic carbocycles. The highest BCUT2D eigenvalue weighted by atomic mass is 32.1. The number of hydrogen-bond donors (Lipinski definition) is 1. The summed E-state index contributed by atoms with van der Waals surface area (Å²) in [5, 5.41) is 7.07. The first kappa shape index (κ1) is 13.8. The van der Waals surface area contributed by atoms with Crippen LogP contribution in [0.15, 0.2) is 30.3 Å². The van der Waals surface area contributed by atoms with Gasteiger partial charge in [0.1, 0.15) is 0 Å². The van der Waals surface area contributed by atoms with E-state index >= 15 is 0 Å². The zero-order valence-corrected chi connectivity index (χ0v) is 12.8. The Kier molecular flexibility index (Phi) is 3.70. The molecule has 5 nitrogen and oxygen atoms in total. The number of amides is 1. The van der Waals surface area contributed by atoms with Gasteiger partial charge in [-0.3, -0.25) is 10.1 Å². The summed E-state index contributed by atoms with van der Waals surface area (Å²) in [5.41, 5.74) is 2.21. The number of benzene rings is 1. The summed E-state index contributed by atoms with van der Waals surface area (Å²) in [7, 11) is 0. The van der Waals surface area contributed by atoms with Crippen LogP contribution in [0, 0.1) is 13.8 Å². The third-order valence-electron chi connectivity index (χ3n) is 3.38. The van der Waals surface area contributed by atoms with Crippen molar-refractivity contribution in [2.45, 2.75) is 26.7 Å². The summed E-state index contributed by atoms with van der Waals surface area (Å²) in [6, 6.07) is 9.96. The van der Waals surface area contributed by atoms with Crippen LogP contribution < -0.4 is 5.32 Å². The summed E-state index contributed by atoms with van der Waals surface area (Å²) in [5.74, 6) is 0.314. The van der Waals surface area contributed by atoms with Crippen molar-refractivity contribution in [3.05, 3.63) is 46.5 Å². The molecule has 0 saturated carbocycles. The molecule has 1 amide bonds. The predicted molar refractivity (Wildman–Crippen MR) is 83.7 cm³/mol. The van der Waals surface area contributed by atoms with Gasteiger partial charge in [-0.25, -0.2) is 4.52 Å². The lowest BCUT2D eigenvalue weighted by Crippen LogP contribution is -2.13. The number of nitrogens with zero attached hydrogens (tertiary/aromatic N) is 3. The molecule has 0 spiro atoms. The van der Waals surface area contributed by atoms with Crippen molar-refractivity contribution in [1.29, 1.82) is 0 Å². The molecular weight excluding hydrogens is 284 g/mol. The summed E-state index contributed by atoms with van der Waals surface area (Å²) < 4.78 is 1.77. The molecule has 108 valence electrons. The minimum atomic E-state index is -0.0634. The number of carbonyl (C=O) groups excluding carboxylic acids is 1. The maximum atomic E-state index is 11.9. The van der Waals surface area contributed by atoms with Gasteiger partial charge >= 0.3 is 0 Å². The Hall–Kier alpha value is -2.21. The first-order valence-corrected chi connectivity index (χ1v) is 7.61. The fourth-order valence-corrected chi connectivity index (χ4v) is 2.99. The number of aromatic nitrogens is 3. The van der Waals surface area contributed by atoms with E-state index in [9.17, 15) is 4.79 Å². The Morgan fingerprint density at radius 3 is 2.76 bits per heavy atom. The van der Waals surface area contributed by atoms with Crippen LogP contribution in [0.1, 0.15) is 22.6 Å². The smallest absolute Gasteiger partial charge is 0.250 e. The van der Waals surface area contributed by atoms with Gasteiger partial charge in [0, 0.05) is 11.3 Å². The van der Waals surface area contributed by atoms with Gasteiger partial charge in [0.15, 0.2) is 0 Å². The summed E-state index contributed by atoms with van der Waals surface area (Å²) in [4.78, 5) is 18.3. The van der Waals surface area contributed by atoms with Gasteiger partial charge in [0.05, 0.1) is 5.69 Å². The molecule has 0 atom stereocenters. The van der Waals surface area contributed by atoms with Gasteiger partial charge in [-0.05, 0) is 25.8 Å². The van der Waals surface area contributed by atoms with Crippen LogP contribution in [0.25, 0.3) is 4.96 Å². The lowest BCUT2D eigenvalue weighted by atomic mass is 10.1. The molecule has 2 heterocycles. The van der Waals surface area contributed by atoms with Crippen molar-refractivity contribution in [2.75, 3.05) is 5.32 Å². The fourth-order valence-electron chi connectivity index (χ4n) is 2.08. The van der Waals surface area contributed by atoms with Crippen LogP contribution in [0.3, 0.4) is 0 Å². The van der Waals surface area contributed by atoms with E-state index in [1.165, 1.54) is 4.88 Å². The van der Waals surface area contributed by atoms with Crippen LogP contribution in [0.4, 0.5) is 5.95 Å². The summed E-state index contributed by atoms with van der Waals surface area (Å²) in [6.45, 7) is 4.03. The van der Waals surface area contributed by atoms with Gasteiger partial charge in [-0.1, -0.05) is 41.7 Å². The number of nitrogens with one attached hydrogen (secondary N) is 1. The average molecular weight is 300 g/mol. The minimum absolute atomic E-state index is 0.0634. The molecule has 0 unspecified atom stereocenters. The molecule has 2 aromatic heterocycles. The standard InChI is InChI=1S/C15H16N4OS/c1-10-11(2)21-15-17-14(18-19(10)15)16-13(20)9-8-12-6-4-3-5-7-12/h3-7H,8-9H2,1-2H3,(H,16,18,20). The number of carbonyl (C=O) groups is 1. The highest BCUT2D eigenvalue weighted by molar-refractivity contribution is 7.17. The van der Waals surface area contributed by atoms with Crippen molar-refractivity contribution in [3.8, 4) is 0 Å². The normalized spacial score (nSPS) is 11.0. The number of rotatable bonds is 4. The zero-order valence-electron chi connectivity index (χ0n) is 12.0. The number of hydrogen-bond acceptors (Lipinski definition) is 4. The second kappa shape index (κ2) is 5.65. The molecule has 0 aliphatic heterocycles. The maximum Gasteiger partial charge on any atom is 0.250 e. The highest BCUT2D eigenvalue weighted by Gasteiger charge is 2.12. The second-order valence-electron chi connectivity index (χ2n) is 4.91. The minimum Gasteiger partial charge on any atom is -0.293 e. The lowest BCUT2D eigenvalue weighted by Gasteiger charge is -2.01. The first-order valence-electron chi connectivity index (χ1n) is 6.80. The molecule has 0 saturated heterocycles. The van der Waals surface area contributed by atoms with E-state index < -0.39 is 0 Å². The molecule has 0 aliphatic rings. The van der Waals surface area contributed by atoms with E-state index in [-0.39, 0.29) is 5.91 Å². The number of anilines is 1. The quantitative estimate of drug-likeness (QED) is 0.806. The van der Waals surface area contributed by atoms with E-state index in [0.717, 1.165) is 16.2 Å². The first-order chi connectivity index (χ1) is 10.1. The molecule has 21 heavy (non-hydrogen) atoms. The lowest BCUT2D eigenvalue weighted by molar-refractivity contribution is -0.116. The monoisotopic (exact) mass is 300 g/mol. The van der Waals surface area contributed by atoms with E-state index in [1.54, 1.807) is 15.9 Å². The molecule has 1 N–H and O–H groups in total. The molecule has 0 fully saturated rings. The van der Waals surface area contributed by atoms with Crippen LogP contribution in [-0.2, 0) is 11.2 Å². The molecule has 0 bridgehead atoms. The van der Waals surface area contributed by atoms with Crippen molar-refractivity contribution in [3.63, 3.8) is 0 Å². The summed E-state index contributed by atoms with van der Waals surface area (Å²) >= 11 is 1.57. The van der Waals surface area contributed by atoms with Crippen LogP contribution in [-0.4, -0.2) is 20.5 Å². The predicted octanol–water partition coefficient (Wildman–Crippen LogP) is 2.98. The van der Waals surface area contributed by atoms with Gasteiger partial charge in [0.25, 0.3) is 0 Å². The van der Waals surface area contributed by atoms with Crippen molar-refractivity contribution >= 4 is 28.2 Å². The number of aryl methyl sites for hydroxylation is 3. The number of thiazole rings is 1. The largest absolute Gasteiger partial charge is 0.293 e. The topological polar surface area (TPSA) is 59.3 Å². The Balaban J connectivity index is 1.63. The SMILES string of the molecule is Cc1sc2nc(NC(=O)CCc3ccccc3)nn2c1C. The van der Waals surface area contributed by atoms with Gasteiger partial charge in [0.2, 0.25) is 16.8 Å². The highest BCUT2D eigenvalue weighted by Crippen LogP contribution is 2.21. The van der Waals surface area contributed by atoms with Crippen molar-refractivity contribution in [1.82, 2.24) is 14.6 Å². The van der Waals surface area contributed by atoms with Crippen LogP contribution >= 0.6 is 11.3 Å². The van der Waals surface area contributed by atoms with Crippen LogP contribution in [0.2, 0.25) is 0 Å². The molecule has 6 heteroatoms. The molecule has 0 aliphatic carbocycles. The maximum absolute atomic E-state index is 11.9. The Labute approximate surface area is 126 Å². The van der Waals surface area contributed by atoms with Gasteiger partial charge in [-0.15, -0.1) is 5.10 Å². The molecule has 3 aromatic rings. The summed E-state index contributed by atoms with van der Waals surface area (Å²) in [6.07, 6.45) is 1.14. The van der Waals surface area contributed by atoms with Gasteiger partial charge in [-0.2, -0.15) is 4.98 Å². The Bertz CT molecular complexity index is 776. The van der Waals surface area contributed by atoms with E-state index in [2.05, 4.69) is 15.4 Å². The Morgan fingerprint density at radius 1 is 1.29 bits per heavy atom. The zero-order chi connectivity index (χ0) is 14.8. The van der Waals surface area contributed by atoms with Crippen molar-refractivity contribution in [2.24, 2.45) is 0 Å². The van der Waals surface area contributed by atoms with Gasteiger partial charge < -0.3 is 0 Å². The van der Waals surface area contributed by atoms with E-state index in [1.807, 2.05) is 44.2 Å². The molecule has 3 rings (SSSR count). The molecule has 0 radical (unpaired) electrons. The third-order valence-corrected chi connectivity index (χ3v) is 4.43. The van der Waals surface area contributed by atoms with Crippen LogP contribution in [0.5, 0.6) is 0 Å². The third kappa shape index (κ3) is 2.95. The van der Waals surface area contributed by atoms with Crippen molar-refractivity contribution < 1.29 is 4.79 Å². The second-order valence-corrected chi connectivity index (χ2v) is 6.09. The molecular formula is C15H16N4OS. The Morgan fingerprint density at radius 2 is 2.05 bits per heavy atom.